The van der Waals surface area contributed by atoms with Gasteiger partial charge < -0.3 is 16.0 Å². The molecule has 1 atom stereocenters. The normalized spacial score (nSPS) is 18.5. The van der Waals surface area contributed by atoms with Crippen LogP contribution in [0.15, 0.2) is 36.5 Å². The number of rotatable bonds is 5. The van der Waals surface area contributed by atoms with Crippen LogP contribution in [0.5, 0.6) is 0 Å². The van der Waals surface area contributed by atoms with Crippen molar-refractivity contribution in [2.75, 3.05) is 16.8 Å². The third-order valence-corrected chi connectivity index (χ3v) is 5.30. The molecular formula is C21H21N5O2. The molecule has 2 aliphatic rings. The van der Waals surface area contributed by atoms with Crippen molar-refractivity contribution in [3.63, 3.8) is 0 Å². The van der Waals surface area contributed by atoms with Gasteiger partial charge in [0.1, 0.15) is 17.9 Å². The number of primary amides is 1. The van der Waals surface area contributed by atoms with Crippen molar-refractivity contribution < 1.29 is 9.59 Å². The van der Waals surface area contributed by atoms with E-state index < -0.39 is 0 Å². The number of anilines is 2. The number of hydrogen-bond donors (Lipinski definition) is 2. The molecule has 142 valence electrons. The number of amides is 2. The maximum Gasteiger partial charge on any atom is 0.240 e. The SMILES string of the molecule is N#Cc1cc(-c2ccnc(NC(=O)C3CC3)c2)ccc1N1CCCC1C(N)=O. The summed E-state index contributed by atoms with van der Waals surface area (Å²) in [5, 5.41) is 12.5. The van der Waals surface area contributed by atoms with Crippen molar-refractivity contribution in [3.05, 3.63) is 42.1 Å². The molecule has 3 N–H and O–H groups in total. The Bertz CT molecular complexity index is 977. The molecular weight excluding hydrogens is 354 g/mol. The van der Waals surface area contributed by atoms with Gasteiger partial charge >= 0.3 is 0 Å². The first kappa shape index (κ1) is 18.0. The van der Waals surface area contributed by atoms with Crippen LogP contribution >= 0.6 is 0 Å². The highest BCUT2D eigenvalue weighted by atomic mass is 16.2. The first-order chi connectivity index (χ1) is 13.6. The van der Waals surface area contributed by atoms with E-state index in [0.717, 1.165) is 36.1 Å². The number of nitriles is 1. The predicted octanol–water partition coefficient (Wildman–Crippen LogP) is 2.42. The fraction of sp³-hybridized carbons (Fsp3) is 0.333. The van der Waals surface area contributed by atoms with Crippen LogP contribution in [0.2, 0.25) is 0 Å². The van der Waals surface area contributed by atoms with Crippen LogP contribution in [-0.4, -0.2) is 29.4 Å². The lowest BCUT2D eigenvalue weighted by Crippen LogP contribution is -2.40. The molecule has 1 aliphatic heterocycles. The van der Waals surface area contributed by atoms with E-state index in [2.05, 4.69) is 16.4 Å². The van der Waals surface area contributed by atoms with Gasteiger partial charge in [-0.1, -0.05) is 6.07 Å². The van der Waals surface area contributed by atoms with Gasteiger partial charge in [0.05, 0.1) is 11.3 Å². The van der Waals surface area contributed by atoms with Gasteiger partial charge in [-0.2, -0.15) is 5.26 Å². The van der Waals surface area contributed by atoms with E-state index in [-0.39, 0.29) is 23.8 Å². The molecule has 2 heterocycles. The minimum atomic E-state index is -0.372. The van der Waals surface area contributed by atoms with Crippen LogP contribution < -0.4 is 16.0 Å². The zero-order valence-electron chi connectivity index (χ0n) is 15.4. The second kappa shape index (κ2) is 7.31. The van der Waals surface area contributed by atoms with E-state index in [0.29, 0.717) is 24.3 Å². The Morgan fingerprint density at radius 3 is 2.68 bits per heavy atom. The summed E-state index contributed by atoms with van der Waals surface area (Å²) >= 11 is 0. The van der Waals surface area contributed by atoms with E-state index in [1.807, 2.05) is 23.1 Å². The zero-order valence-corrected chi connectivity index (χ0v) is 15.4. The fourth-order valence-electron chi connectivity index (χ4n) is 3.66. The van der Waals surface area contributed by atoms with E-state index in [9.17, 15) is 14.9 Å². The van der Waals surface area contributed by atoms with E-state index >= 15 is 0 Å². The molecule has 28 heavy (non-hydrogen) atoms. The van der Waals surface area contributed by atoms with Crippen molar-refractivity contribution in [2.24, 2.45) is 11.7 Å². The number of hydrogen-bond acceptors (Lipinski definition) is 5. The summed E-state index contributed by atoms with van der Waals surface area (Å²) in [5.41, 5.74) is 8.44. The van der Waals surface area contributed by atoms with Crippen LogP contribution in [0.1, 0.15) is 31.2 Å². The molecule has 1 saturated heterocycles. The summed E-state index contributed by atoms with van der Waals surface area (Å²) < 4.78 is 0. The van der Waals surface area contributed by atoms with Gasteiger partial charge in [-0.05, 0) is 61.1 Å². The zero-order chi connectivity index (χ0) is 19.7. The predicted molar refractivity (Wildman–Crippen MR) is 105 cm³/mol. The summed E-state index contributed by atoms with van der Waals surface area (Å²) in [6.07, 6.45) is 5.08. The van der Waals surface area contributed by atoms with Crippen molar-refractivity contribution >= 4 is 23.3 Å². The number of aromatic nitrogens is 1. The third kappa shape index (κ3) is 3.54. The molecule has 1 aliphatic carbocycles. The lowest BCUT2D eigenvalue weighted by molar-refractivity contribution is -0.119. The molecule has 1 unspecified atom stereocenters. The maximum absolute atomic E-state index is 12.0. The monoisotopic (exact) mass is 375 g/mol. The summed E-state index contributed by atoms with van der Waals surface area (Å²) in [6, 6.07) is 11.1. The molecule has 7 nitrogen and oxygen atoms in total. The Morgan fingerprint density at radius 1 is 1.18 bits per heavy atom. The molecule has 7 heteroatoms. The molecule has 2 aromatic rings. The second-order valence-electron chi connectivity index (χ2n) is 7.29. The number of nitrogens with zero attached hydrogens (tertiary/aromatic N) is 3. The van der Waals surface area contributed by atoms with Gasteiger partial charge in [-0.3, -0.25) is 9.59 Å². The van der Waals surface area contributed by atoms with Crippen molar-refractivity contribution in [3.8, 4) is 17.2 Å². The number of carbonyl (C=O) groups is 2. The Labute approximate surface area is 163 Å². The first-order valence-electron chi connectivity index (χ1n) is 9.44. The van der Waals surface area contributed by atoms with Gasteiger partial charge in [-0.15, -0.1) is 0 Å². The van der Waals surface area contributed by atoms with Crippen molar-refractivity contribution in [1.82, 2.24) is 4.98 Å². The topological polar surface area (TPSA) is 112 Å². The van der Waals surface area contributed by atoms with Gasteiger partial charge in [0.2, 0.25) is 11.8 Å². The number of nitrogens with two attached hydrogens (primary N) is 1. The first-order valence-corrected chi connectivity index (χ1v) is 9.44. The maximum atomic E-state index is 12.0. The molecule has 2 amide bonds. The lowest BCUT2D eigenvalue weighted by atomic mass is 10.0. The Morgan fingerprint density at radius 2 is 1.96 bits per heavy atom. The van der Waals surface area contributed by atoms with Gasteiger partial charge in [0.15, 0.2) is 0 Å². The molecule has 1 aromatic heterocycles. The average Bonchev–Trinajstić information content (AvgIpc) is 3.44. The van der Waals surface area contributed by atoms with E-state index in [1.165, 1.54) is 0 Å². The Hall–Kier alpha value is -3.40. The van der Waals surface area contributed by atoms with Crippen molar-refractivity contribution in [1.29, 1.82) is 5.26 Å². The highest BCUT2D eigenvalue weighted by Gasteiger charge is 2.31. The highest BCUT2D eigenvalue weighted by Crippen LogP contribution is 2.33. The third-order valence-electron chi connectivity index (χ3n) is 5.30. The fourth-order valence-corrected chi connectivity index (χ4v) is 3.66. The minimum absolute atomic E-state index is 0.00392. The molecule has 0 radical (unpaired) electrons. The Balaban J connectivity index is 1.62. The summed E-state index contributed by atoms with van der Waals surface area (Å²) in [6.45, 7) is 0.703. The van der Waals surface area contributed by atoms with Crippen LogP contribution in [0.4, 0.5) is 11.5 Å². The molecule has 0 bridgehead atoms. The number of pyridine rings is 1. The quantitative estimate of drug-likeness (QED) is 0.833. The van der Waals surface area contributed by atoms with E-state index in [1.54, 1.807) is 18.3 Å². The average molecular weight is 375 g/mol. The number of benzene rings is 1. The van der Waals surface area contributed by atoms with Gasteiger partial charge in [-0.25, -0.2) is 4.98 Å². The molecule has 2 fully saturated rings. The molecule has 0 spiro atoms. The summed E-state index contributed by atoms with van der Waals surface area (Å²) in [7, 11) is 0. The smallest absolute Gasteiger partial charge is 0.240 e. The number of nitrogens with one attached hydrogen (secondary N) is 1. The van der Waals surface area contributed by atoms with Crippen LogP contribution in [0.3, 0.4) is 0 Å². The minimum Gasteiger partial charge on any atom is -0.368 e. The summed E-state index contributed by atoms with van der Waals surface area (Å²) in [5.74, 6) is 0.249. The highest BCUT2D eigenvalue weighted by molar-refractivity contribution is 5.93. The molecule has 1 saturated carbocycles. The van der Waals surface area contributed by atoms with Gasteiger partial charge in [0, 0.05) is 18.7 Å². The largest absolute Gasteiger partial charge is 0.368 e. The Kier molecular flexibility index (Phi) is 4.70. The van der Waals surface area contributed by atoms with E-state index in [4.69, 9.17) is 5.73 Å². The lowest BCUT2D eigenvalue weighted by Gasteiger charge is -2.25. The van der Waals surface area contributed by atoms with Crippen LogP contribution in [0.25, 0.3) is 11.1 Å². The second-order valence-corrected chi connectivity index (χ2v) is 7.29. The molecule has 1 aromatic carbocycles. The van der Waals surface area contributed by atoms with Crippen LogP contribution in [-0.2, 0) is 9.59 Å². The van der Waals surface area contributed by atoms with Crippen molar-refractivity contribution in [2.45, 2.75) is 31.7 Å². The number of carbonyl (C=O) groups excluding carboxylic acids is 2. The standard InChI is InChI=1S/C21H21N5O2/c22-12-16-10-14(5-6-17(16)26-9-1-2-18(26)20(23)27)15-7-8-24-19(11-15)25-21(28)13-3-4-13/h5-8,10-11,13,18H,1-4,9H2,(H2,23,27)(H,24,25,28). The van der Waals surface area contributed by atoms with Crippen LogP contribution in [0, 0.1) is 17.2 Å². The molecule has 4 rings (SSSR count). The summed E-state index contributed by atoms with van der Waals surface area (Å²) in [4.78, 5) is 29.8. The van der Waals surface area contributed by atoms with Gasteiger partial charge in [0.25, 0.3) is 0 Å².